The molecule has 0 saturated carbocycles. The van der Waals surface area contributed by atoms with Gasteiger partial charge in [0.05, 0.1) is 0 Å². The Balaban J connectivity index is 2.29. The smallest absolute Gasteiger partial charge is 0.487 e. The van der Waals surface area contributed by atoms with Crippen molar-refractivity contribution in [2.24, 2.45) is 0 Å². The fourth-order valence-corrected chi connectivity index (χ4v) is 3.58. The maximum atomic E-state index is 12.2. The average molecular weight is 379 g/mol. The van der Waals surface area contributed by atoms with Crippen LogP contribution in [0.2, 0.25) is 0 Å². The fraction of sp³-hybridized carbons (Fsp3) is 0.682. The molecule has 1 aliphatic rings. The molecule has 0 spiro atoms. The van der Waals surface area contributed by atoms with Crippen LogP contribution < -0.4 is 9.47 Å². The monoisotopic (exact) mass is 378 g/mol. The Morgan fingerprint density at radius 3 is 2.41 bits per heavy atom. The number of carbonyl (C=O) groups excluding carboxylic acids is 1. The number of hydrogen-bond acceptors (Lipinski definition) is 5. The van der Waals surface area contributed by atoms with Crippen molar-refractivity contribution in [3.63, 3.8) is 0 Å². The molecule has 0 aromatic heterocycles. The Morgan fingerprint density at radius 2 is 1.81 bits per heavy atom. The summed E-state index contributed by atoms with van der Waals surface area (Å²) < 4.78 is 17.3. The van der Waals surface area contributed by atoms with E-state index in [0.29, 0.717) is 5.75 Å². The summed E-state index contributed by atoms with van der Waals surface area (Å²) >= 11 is 0. The molecule has 1 unspecified atom stereocenters. The lowest BCUT2D eigenvalue weighted by molar-refractivity contribution is 0.0199. The van der Waals surface area contributed by atoms with Gasteiger partial charge in [0, 0.05) is 12.2 Å². The van der Waals surface area contributed by atoms with Crippen LogP contribution in [0.15, 0.2) is 0 Å². The molecule has 1 aliphatic heterocycles. The van der Waals surface area contributed by atoms with Gasteiger partial charge in [0.25, 0.3) is 0 Å². The number of benzene rings is 1. The Kier molecular flexibility index (Phi) is 6.46. The summed E-state index contributed by atoms with van der Waals surface area (Å²) in [5, 5.41) is 9.03. The molecule has 0 radical (unpaired) electrons. The third-order valence-corrected chi connectivity index (χ3v) is 5.25. The molecule has 2 rings (SSSR count). The molecule has 1 N–H and O–H groups in total. The number of aliphatic hydroxyl groups excluding tert-OH is 1. The minimum absolute atomic E-state index is 0.218. The van der Waals surface area contributed by atoms with Gasteiger partial charge in [-0.15, -0.1) is 0 Å². The van der Waals surface area contributed by atoms with Crippen molar-refractivity contribution in [1.82, 2.24) is 0 Å². The highest BCUT2D eigenvalue weighted by molar-refractivity contribution is 5.68. The molecule has 0 aliphatic carbocycles. The largest absolute Gasteiger partial charge is 0.514 e. The Hall–Kier alpha value is -1.75. The van der Waals surface area contributed by atoms with Gasteiger partial charge in [-0.05, 0) is 97.3 Å². The molecule has 1 aromatic rings. The number of rotatable bonds is 5. The van der Waals surface area contributed by atoms with Crippen LogP contribution in [-0.2, 0) is 11.2 Å². The van der Waals surface area contributed by atoms with Crippen LogP contribution in [0.1, 0.15) is 75.6 Å². The van der Waals surface area contributed by atoms with Crippen molar-refractivity contribution in [2.75, 3.05) is 6.61 Å². The maximum Gasteiger partial charge on any atom is 0.514 e. The maximum absolute atomic E-state index is 12.2. The van der Waals surface area contributed by atoms with Crippen LogP contribution in [0, 0.1) is 20.8 Å². The highest BCUT2D eigenvalue weighted by atomic mass is 16.7. The van der Waals surface area contributed by atoms with E-state index in [1.54, 1.807) is 0 Å². The number of aliphatic hydroxyl groups is 1. The number of unbranched alkanes of at least 4 members (excludes halogenated alkanes) is 1. The quantitative estimate of drug-likeness (QED) is 0.435. The van der Waals surface area contributed by atoms with Gasteiger partial charge in [0.2, 0.25) is 0 Å². The molecule has 5 nitrogen and oxygen atoms in total. The molecule has 0 bridgehead atoms. The highest BCUT2D eigenvalue weighted by Gasteiger charge is 2.34. The molecule has 0 amide bonds. The molecule has 0 fully saturated rings. The first kappa shape index (κ1) is 21.5. The zero-order valence-corrected chi connectivity index (χ0v) is 17.8. The predicted octanol–water partition coefficient (Wildman–Crippen LogP) is 5.17. The number of fused-ring (bicyclic) bond motifs is 1. The van der Waals surface area contributed by atoms with E-state index in [-0.39, 0.29) is 12.2 Å². The molecule has 1 atom stereocenters. The van der Waals surface area contributed by atoms with Crippen LogP contribution in [-0.4, -0.2) is 29.1 Å². The highest BCUT2D eigenvalue weighted by Crippen LogP contribution is 2.45. The first-order valence-electron chi connectivity index (χ1n) is 9.81. The average Bonchev–Trinajstić information content (AvgIpc) is 2.55. The second-order valence-electron chi connectivity index (χ2n) is 8.81. The first-order chi connectivity index (χ1) is 12.5. The fourth-order valence-electron chi connectivity index (χ4n) is 3.58. The SMILES string of the molecule is Cc1c(C)c2c(c(C)c1OC(=O)OC(C)(C)C)CCC(C)(CCCCO)O2. The number of hydrogen-bond donors (Lipinski definition) is 1. The van der Waals surface area contributed by atoms with E-state index in [1.807, 2.05) is 41.5 Å². The Bertz CT molecular complexity index is 702. The Morgan fingerprint density at radius 1 is 1.15 bits per heavy atom. The van der Waals surface area contributed by atoms with Crippen molar-refractivity contribution >= 4 is 6.16 Å². The normalized spacial score (nSPS) is 19.3. The van der Waals surface area contributed by atoms with Gasteiger partial charge in [-0.25, -0.2) is 4.79 Å². The van der Waals surface area contributed by atoms with Crippen molar-refractivity contribution in [1.29, 1.82) is 0 Å². The first-order valence-corrected chi connectivity index (χ1v) is 9.81. The molecular weight excluding hydrogens is 344 g/mol. The van der Waals surface area contributed by atoms with Gasteiger partial charge < -0.3 is 19.3 Å². The van der Waals surface area contributed by atoms with Crippen molar-refractivity contribution < 1.29 is 24.1 Å². The second kappa shape index (κ2) is 8.09. The molecular formula is C22H34O5. The number of carbonyl (C=O) groups is 1. The Labute approximate surface area is 163 Å². The van der Waals surface area contributed by atoms with Gasteiger partial charge in [-0.3, -0.25) is 0 Å². The van der Waals surface area contributed by atoms with E-state index in [4.69, 9.17) is 19.3 Å². The summed E-state index contributed by atoms with van der Waals surface area (Å²) in [5.74, 6) is 1.49. The van der Waals surface area contributed by atoms with Crippen LogP contribution in [0.25, 0.3) is 0 Å². The van der Waals surface area contributed by atoms with Crippen LogP contribution >= 0.6 is 0 Å². The summed E-state index contributed by atoms with van der Waals surface area (Å²) in [5.41, 5.74) is 3.13. The van der Waals surface area contributed by atoms with E-state index in [9.17, 15) is 4.79 Å². The predicted molar refractivity (Wildman–Crippen MR) is 106 cm³/mol. The van der Waals surface area contributed by atoms with E-state index >= 15 is 0 Å². The molecule has 5 heteroatoms. The lowest BCUT2D eigenvalue weighted by Gasteiger charge is -2.38. The van der Waals surface area contributed by atoms with E-state index in [1.165, 1.54) is 0 Å². The summed E-state index contributed by atoms with van der Waals surface area (Å²) in [6.45, 7) is 13.7. The molecule has 1 heterocycles. The van der Waals surface area contributed by atoms with E-state index in [2.05, 4.69) is 6.92 Å². The standard InChI is InChI=1S/C22H34O5/c1-14-15(2)19-17(10-12-22(7,26-19)11-8-9-13-23)16(3)18(14)25-20(24)27-21(4,5)6/h23H,8-13H2,1-7H3. The summed E-state index contributed by atoms with van der Waals surface area (Å²) in [6, 6.07) is 0. The summed E-state index contributed by atoms with van der Waals surface area (Å²) in [6.07, 6.45) is 3.76. The van der Waals surface area contributed by atoms with Crippen LogP contribution in [0.4, 0.5) is 4.79 Å². The third-order valence-electron chi connectivity index (χ3n) is 5.25. The number of ether oxygens (including phenoxy) is 3. The van der Waals surface area contributed by atoms with Gasteiger partial charge >= 0.3 is 6.16 Å². The lowest BCUT2D eigenvalue weighted by atomic mass is 9.85. The van der Waals surface area contributed by atoms with Crippen molar-refractivity contribution in [2.45, 2.75) is 91.8 Å². The van der Waals surface area contributed by atoms with E-state index < -0.39 is 11.8 Å². The third kappa shape index (κ3) is 5.16. The second-order valence-corrected chi connectivity index (χ2v) is 8.81. The van der Waals surface area contributed by atoms with Crippen molar-refractivity contribution in [3.05, 3.63) is 22.3 Å². The van der Waals surface area contributed by atoms with Gasteiger partial charge in [0.1, 0.15) is 22.7 Å². The van der Waals surface area contributed by atoms with Crippen LogP contribution in [0.5, 0.6) is 11.5 Å². The lowest BCUT2D eigenvalue weighted by Crippen LogP contribution is -2.37. The zero-order valence-electron chi connectivity index (χ0n) is 17.8. The van der Waals surface area contributed by atoms with Gasteiger partial charge in [-0.1, -0.05) is 0 Å². The summed E-state index contributed by atoms with van der Waals surface area (Å²) in [4.78, 5) is 12.2. The minimum atomic E-state index is -0.682. The molecule has 1 aromatic carbocycles. The zero-order chi connectivity index (χ0) is 20.4. The summed E-state index contributed by atoms with van der Waals surface area (Å²) in [7, 11) is 0. The molecule has 0 saturated heterocycles. The van der Waals surface area contributed by atoms with Gasteiger partial charge in [-0.2, -0.15) is 0 Å². The van der Waals surface area contributed by atoms with Crippen LogP contribution in [0.3, 0.4) is 0 Å². The molecule has 152 valence electrons. The molecule has 27 heavy (non-hydrogen) atoms. The van der Waals surface area contributed by atoms with Crippen molar-refractivity contribution in [3.8, 4) is 11.5 Å². The minimum Gasteiger partial charge on any atom is -0.487 e. The topological polar surface area (TPSA) is 65.0 Å². The van der Waals surface area contributed by atoms with E-state index in [0.717, 1.165) is 60.1 Å². The van der Waals surface area contributed by atoms with Gasteiger partial charge in [0.15, 0.2) is 0 Å².